The third kappa shape index (κ3) is 2.22. The predicted molar refractivity (Wildman–Crippen MR) is 74.0 cm³/mol. The summed E-state index contributed by atoms with van der Waals surface area (Å²) in [5.41, 5.74) is -0.534. The lowest BCUT2D eigenvalue weighted by atomic mass is 9.91. The quantitative estimate of drug-likeness (QED) is 0.756. The maximum absolute atomic E-state index is 12.5. The molecule has 3 fully saturated rings. The largest absolute Gasteiger partial charge is 0.467 e. The van der Waals surface area contributed by atoms with Gasteiger partial charge in [-0.15, -0.1) is 0 Å². The molecule has 3 aliphatic rings. The van der Waals surface area contributed by atoms with Gasteiger partial charge in [0.25, 0.3) is 0 Å². The first kappa shape index (κ1) is 13.9. The molecule has 2 N–H and O–H groups in total. The summed E-state index contributed by atoms with van der Waals surface area (Å²) in [6, 6.07) is 0. The normalized spacial score (nSPS) is 29.9. The highest BCUT2D eigenvalue weighted by atomic mass is 16.5. The van der Waals surface area contributed by atoms with E-state index in [9.17, 15) is 9.59 Å². The lowest BCUT2D eigenvalue weighted by Crippen LogP contribution is -2.54. The van der Waals surface area contributed by atoms with Gasteiger partial charge in [-0.1, -0.05) is 12.8 Å². The molecule has 2 saturated carbocycles. The first-order valence-electron chi connectivity index (χ1n) is 7.73. The highest BCUT2D eigenvalue weighted by Crippen LogP contribution is 2.58. The Morgan fingerprint density at radius 2 is 1.80 bits per heavy atom. The van der Waals surface area contributed by atoms with E-state index in [2.05, 4.69) is 10.6 Å². The van der Waals surface area contributed by atoms with Crippen LogP contribution in [0.5, 0.6) is 0 Å². The van der Waals surface area contributed by atoms with Crippen LogP contribution in [0.4, 0.5) is 0 Å². The lowest BCUT2D eigenvalue weighted by molar-refractivity contribution is -0.151. The number of amides is 1. The van der Waals surface area contributed by atoms with Gasteiger partial charge in [-0.25, -0.2) is 4.79 Å². The minimum Gasteiger partial charge on any atom is -0.467 e. The van der Waals surface area contributed by atoms with Crippen molar-refractivity contribution in [3.63, 3.8) is 0 Å². The van der Waals surface area contributed by atoms with Crippen LogP contribution in [-0.2, 0) is 14.3 Å². The zero-order valence-corrected chi connectivity index (χ0v) is 12.2. The molecular weight excluding hydrogens is 256 g/mol. The minimum absolute atomic E-state index is 0.0687. The van der Waals surface area contributed by atoms with Crippen molar-refractivity contribution >= 4 is 11.9 Å². The number of methoxy groups -OCH3 is 1. The van der Waals surface area contributed by atoms with Gasteiger partial charge in [-0.3, -0.25) is 4.79 Å². The highest BCUT2D eigenvalue weighted by Gasteiger charge is 2.59. The molecule has 1 unspecified atom stereocenters. The fourth-order valence-corrected chi connectivity index (χ4v) is 4.07. The van der Waals surface area contributed by atoms with Crippen molar-refractivity contribution < 1.29 is 14.3 Å². The van der Waals surface area contributed by atoms with Crippen molar-refractivity contribution in [2.24, 2.45) is 11.3 Å². The van der Waals surface area contributed by atoms with Gasteiger partial charge >= 0.3 is 5.97 Å². The van der Waals surface area contributed by atoms with Crippen LogP contribution in [0.2, 0.25) is 0 Å². The second kappa shape index (κ2) is 5.02. The topological polar surface area (TPSA) is 67.4 Å². The van der Waals surface area contributed by atoms with E-state index in [4.69, 9.17) is 4.74 Å². The molecule has 0 aromatic heterocycles. The summed E-state index contributed by atoms with van der Waals surface area (Å²) in [7, 11) is 1.40. The van der Waals surface area contributed by atoms with E-state index in [1.165, 1.54) is 7.11 Å². The molecule has 1 saturated heterocycles. The standard InChI is InChI=1S/C15H24N2O3/c1-20-13(19)15(4-2-3-5-15)17-12(18)11-10-14(11)6-8-16-9-7-14/h11,16H,2-10H2,1H3,(H,17,18). The molecule has 0 bridgehead atoms. The van der Waals surface area contributed by atoms with Gasteiger partial charge in [0, 0.05) is 5.92 Å². The molecule has 1 heterocycles. The molecule has 1 spiro atoms. The summed E-state index contributed by atoms with van der Waals surface area (Å²) in [4.78, 5) is 24.6. The first-order valence-corrected chi connectivity index (χ1v) is 7.73. The third-order valence-electron chi connectivity index (χ3n) is 5.50. The SMILES string of the molecule is COC(=O)C1(NC(=O)C2CC23CCNCC3)CCCC1. The van der Waals surface area contributed by atoms with E-state index in [1.807, 2.05) is 0 Å². The van der Waals surface area contributed by atoms with Crippen molar-refractivity contribution in [1.29, 1.82) is 0 Å². The van der Waals surface area contributed by atoms with E-state index in [-0.39, 0.29) is 23.2 Å². The Hall–Kier alpha value is -1.10. The van der Waals surface area contributed by atoms with Crippen molar-refractivity contribution in [2.45, 2.75) is 50.5 Å². The zero-order valence-electron chi connectivity index (χ0n) is 12.2. The minimum atomic E-state index is -0.747. The number of ether oxygens (including phenoxy) is 1. The second-order valence-corrected chi connectivity index (χ2v) is 6.64. The third-order valence-corrected chi connectivity index (χ3v) is 5.50. The van der Waals surface area contributed by atoms with Crippen LogP contribution < -0.4 is 10.6 Å². The molecule has 20 heavy (non-hydrogen) atoms. The van der Waals surface area contributed by atoms with Crippen LogP contribution in [0, 0.1) is 11.3 Å². The van der Waals surface area contributed by atoms with Gasteiger partial charge < -0.3 is 15.4 Å². The number of hydrogen-bond acceptors (Lipinski definition) is 4. The van der Waals surface area contributed by atoms with Gasteiger partial charge in [0.15, 0.2) is 0 Å². The Bertz CT molecular complexity index is 409. The number of piperidine rings is 1. The summed E-state index contributed by atoms with van der Waals surface area (Å²) in [6.07, 6.45) is 6.54. The second-order valence-electron chi connectivity index (χ2n) is 6.64. The fraction of sp³-hybridized carbons (Fsp3) is 0.867. The van der Waals surface area contributed by atoms with Gasteiger partial charge in [-0.05, 0) is 50.6 Å². The number of carbonyl (C=O) groups is 2. The van der Waals surface area contributed by atoms with Crippen molar-refractivity contribution in [3.05, 3.63) is 0 Å². The van der Waals surface area contributed by atoms with Gasteiger partial charge in [0.05, 0.1) is 7.11 Å². The summed E-state index contributed by atoms with van der Waals surface area (Å²) in [5, 5.41) is 6.38. The molecule has 2 aliphatic carbocycles. The monoisotopic (exact) mass is 280 g/mol. The van der Waals surface area contributed by atoms with Crippen molar-refractivity contribution in [1.82, 2.24) is 10.6 Å². The van der Waals surface area contributed by atoms with E-state index in [0.29, 0.717) is 12.8 Å². The van der Waals surface area contributed by atoms with Crippen molar-refractivity contribution in [3.8, 4) is 0 Å². The molecule has 1 atom stereocenters. The summed E-state index contributed by atoms with van der Waals surface area (Å²) >= 11 is 0. The van der Waals surface area contributed by atoms with E-state index in [1.54, 1.807) is 0 Å². The van der Waals surface area contributed by atoms with Gasteiger partial charge in [0.2, 0.25) is 5.91 Å². The Morgan fingerprint density at radius 3 is 2.40 bits per heavy atom. The fourth-order valence-electron chi connectivity index (χ4n) is 4.07. The molecule has 0 radical (unpaired) electrons. The zero-order chi connectivity index (χ0) is 14.2. The molecule has 5 heteroatoms. The average molecular weight is 280 g/mol. The Labute approximate surface area is 119 Å². The smallest absolute Gasteiger partial charge is 0.331 e. The number of carbonyl (C=O) groups excluding carboxylic acids is 2. The van der Waals surface area contributed by atoms with E-state index >= 15 is 0 Å². The Kier molecular flexibility index (Phi) is 3.48. The number of nitrogens with one attached hydrogen (secondary N) is 2. The number of hydrogen-bond donors (Lipinski definition) is 2. The van der Waals surface area contributed by atoms with Gasteiger partial charge in [-0.2, -0.15) is 0 Å². The highest BCUT2D eigenvalue weighted by molar-refractivity contribution is 5.90. The van der Waals surface area contributed by atoms with Crippen LogP contribution in [0.1, 0.15) is 44.9 Å². The predicted octanol–water partition coefficient (Wildman–Crippen LogP) is 0.978. The summed E-state index contributed by atoms with van der Waals surface area (Å²) in [6.45, 7) is 2.01. The first-order chi connectivity index (χ1) is 9.62. The number of esters is 1. The Balaban J connectivity index is 1.65. The Morgan fingerprint density at radius 1 is 1.15 bits per heavy atom. The molecule has 1 amide bonds. The molecular formula is C15H24N2O3. The molecule has 1 aliphatic heterocycles. The molecule has 5 nitrogen and oxygen atoms in total. The summed E-state index contributed by atoms with van der Waals surface area (Å²) in [5.74, 6) is -0.103. The van der Waals surface area contributed by atoms with Crippen LogP contribution in [0.15, 0.2) is 0 Å². The van der Waals surface area contributed by atoms with Crippen LogP contribution in [-0.4, -0.2) is 37.6 Å². The maximum atomic E-state index is 12.5. The molecule has 0 aromatic rings. The van der Waals surface area contributed by atoms with Crippen LogP contribution >= 0.6 is 0 Å². The van der Waals surface area contributed by atoms with Gasteiger partial charge in [0.1, 0.15) is 5.54 Å². The van der Waals surface area contributed by atoms with Crippen LogP contribution in [0.25, 0.3) is 0 Å². The lowest BCUT2D eigenvalue weighted by Gasteiger charge is -2.29. The molecule has 0 aromatic carbocycles. The van der Waals surface area contributed by atoms with Crippen LogP contribution in [0.3, 0.4) is 0 Å². The number of rotatable bonds is 3. The van der Waals surface area contributed by atoms with E-state index in [0.717, 1.165) is 45.2 Å². The summed E-state index contributed by atoms with van der Waals surface area (Å²) < 4.78 is 4.91. The van der Waals surface area contributed by atoms with E-state index < -0.39 is 5.54 Å². The molecule has 112 valence electrons. The van der Waals surface area contributed by atoms with Crippen molar-refractivity contribution in [2.75, 3.05) is 20.2 Å². The average Bonchev–Trinajstić information content (AvgIpc) is 2.95. The molecule has 3 rings (SSSR count). The maximum Gasteiger partial charge on any atom is 0.331 e.